The number of ether oxygens (including phenoxy) is 1. The zero-order chi connectivity index (χ0) is 15.2. The molecule has 0 spiro atoms. The molecule has 0 aliphatic carbocycles. The third-order valence-corrected chi connectivity index (χ3v) is 3.63. The van der Waals surface area contributed by atoms with Gasteiger partial charge in [-0.25, -0.2) is 0 Å². The molecule has 2 aromatic carbocycles. The first-order valence-corrected chi connectivity index (χ1v) is 7.75. The lowest BCUT2D eigenvalue weighted by Crippen LogP contribution is -2.03. The summed E-state index contributed by atoms with van der Waals surface area (Å²) in [6, 6.07) is 13.4. The van der Waals surface area contributed by atoms with Crippen LogP contribution < -0.4 is 0 Å². The maximum Gasteiger partial charge on any atom is 0.0506 e. The predicted molar refractivity (Wildman–Crippen MR) is 90.1 cm³/mol. The quantitative estimate of drug-likeness (QED) is 0.696. The van der Waals surface area contributed by atoms with Crippen LogP contribution in [-0.4, -0.2) is 13.2 Å². The van der Waals surface area contributed by atoms with Gasteiger partial charge in [-0.2, -0.15) is 0 Å². The summed E-state index contributed by atoms with van der Waals surface area (Å²) >= 11 is 0. The van der Waals surface area contributed by atoms with Gasteiger partial charge in [0.05, 0.1) is 13.2 Å². The fourth-order valence-corrected chi connectivity index (χ4v) is 2.91. The first-order chi connectivity index (χ1) is 10.0. The van der Waals surface area contributed by atoms with Crippen molar-refractivity contribution >= 4 is 0 Å². The van der Waals surface area contributed by atoms with Gasteiger partial charge in [0.2, 0.25) is 0 Å². The zero-order valence-corrected chi connectivity index (χ0v) is 13.7. The molecule has 1 heteroatoms. The standard InChI is InChI=1S/C20H26O/c1-15-9-16(2)12-19(11-15)5-7-21-8-6-20-13-17(3)10-18(4)14-20/h9-14H,5-8H2,1-4H3. The summed E-state index contributed by atoms with van der Waals surface area (Å²) in [5.41, 5.74) is 8.08. The van der Waals surface area contributed by atoms with Crippen molar-refractivity contribution < 1.29 is 4.74 Å². The van der Waals surface area contributed by atoms with Crippen LogP contribution in [0.4, 0.5) is 0 Å². The largest absolute Gasteiger partial charge is 0.381 e. The Morgan fingerprint density at radius 3 is 1.24 bits per heavy atom. The second-order valence-corrected chi connectivity index (χ2v) is 6.10. The molecule has 112 valence electrons. The predicted octanol–water partition coefficient (Wildman–Crippen LogP) is 4.72. The molecule has 0 saturated heterocycles. The molecule has 2 aromatic rings. The Hall–Kier alpha value is -1.60. The van der Waals surface area contributed by atoms with Gasteiger partial charge in [-0.1, -0.05) is 58.7 Å². The number of benzene rings is 2. The van der Waals surface area contributed by atoms with Crippen LogP contribution in [0.1, 0.15) is 33.4 Å². The normalized spacial score (nSPS) is 10.9. The lowest BCUT2D eigenvalue weighted by Gasteiger charge is -2.08. The molecule has 0 bridgehead atoms. The Morgan fingerprint density at radius 1 is 0.571 bits per heavy atom. The molecule has 0 heterocycles. The molecule has 0 N–H and O–H groups in total. The number of rotatable bonds is 6. The Balaban J connectivity index is 1.74. The van der Waals surface area contributed by atoms with Crippen LogP contribution in [0.2, 0.25) is 0 Å². The highest BCUT2D eigenvalue weighted by molar-refractivity contribution is 5.29. The summed E-state index contributed by atoms with van der Waals surface area (Å²) in [4.78, 5) is 0. The van der Waals surface area contributed by atoms with Crippen LogP contribution in [0.25, 0.3) is 0 Å². The van der Waals surface area contributed by atoms with E-state index >= 15 is 0 Å². The molecular formula is C20H26O. The van der Waals surface area contributed by atoms with Crippen LogP contribution in [0.5, 0.6) is 0 Å². The van der Waals surface area contributed by atoms with E-state index in [1.165, 1.54) is 33.4 Å². The van der Waals surface area contributed by atoms with E-state index in [0.29, 0.717) is 0 Å². The van der Waals surface area contributed by atoms with Crippen molar-refractivity contribution in [1.29, 1.82) is 0 Å². The number of hydrogen-bond acceptors (Lipinski definition) is 1. The lowest BCUT2D eigenvalue weighted by molar-refractivity contribution is 0.140. The van der Waals surface area contributed by atoms with Crippen molar-refractivity contribution in [3.05, 3.63) is 69.8 Å². The van der Waals surface area contributed by atoms with Gasteiger partial charge in [-0.15, -0.1) is 0 Å². The van der Waals surface area contributed by atoms with Crippen LogP contribution in [0.15, 0.2) is 36.4 Å². The van der Waals surface area contributed by atoms with E-state index in [1.807, 2.05) is 0 Å². The first-order valence-electron chi connectivity index (χ1n) is 7.75. The SMILES string of the molecule is Cc1cc(C)cc(CCOCCc2cc(C)cc(C)c2)c1. The van der Waals surface area contributed by atoms with Crippen LogP contribution >= 0.6 is 0 Å². The average molecular weight is 282 g/mol. The van der Waals surface area contributed by atoms with Crippen molar-refractivity contribution in [2.45, 2.75) is 40.5 Å². The van der Waals surface area contributed by atoms with E-state index < -0.39 is 0 Å². The summed E-state index contributed by atoms with van der Waals surface area (Å²) in [7, 11) is 0. The molecule has 2 rings (SSSR count). The molecule has 0 aliphatic heterocycles. The molecule has 0 radical (unpaired) electrons. The second kappa shape index (κ2) is 7.42. The van der Waals surface area contributed by atoms with Gasteiger partial charge in [0.25, 0.3) is 0 Å². The van der Waals surface area contributed by atoms with Gasteiger partial charge in [0, 0.05) is 0 Å². The summed E-state index contributed by atoms with van der Waals surface area (Å²) in [6.07, 6.45) is 1.99. The highest BCUT2D eigenvalue weighted by atomic mass is 16.5. The molecule has 0 amide bonds. The van der Waals surface area contributed by atoms with Crippen molar-refractivity contribution in [3.8, 4) is 0 Å². The van der Waals surface area contributed by atoms with Gasteiger partial charge < -0.3 is 4.74 Å². The maximum absolute atomic E-state index is 5.80. The smallest absolute Gasteiger partial charge is 0.0506 e. The third-order valence-electron chi connectivity index (χ3n) is 3.63. The minimum absolute atomic E-state index is 0.799. The monoisotopic (exact) mass is 282 g/mol. The van der Waals surface area contributed by atoms with Crippen molar-refractivity contribution in [2.75, 3.05) is 13.2 Å². The van der Waals surface area contributed by atoms with E-state index in [9.17, 15) is 0 Å². The second-order valence-electron chi connectivity index (χ2n) is 6.10. The molecular weight excluding hydrogens is 256 g/mol. The summed E-state index contributed by atoms with van der Waals surface area (Å²) in [5, 5.41) is 0. The first kappa shape index (κ1) is 15.8. The Kier molecular flexibility index (Phi) is 5.58. The third kappa shape index (κ3) is 5.35. The van der Waals surface area contributed by atoms with Crippen LogP contribution in [0, 0.1) is 27.7 Å². The molecule has 0 unspecified atom stereocenters. The fourth-order valence-electron chi connectivity index (χ4n) is 2.91. The summed E-state index contributed by atoms with van der Waals surface area (Å²) in [5.74, 6) is 0. The van der Waals surface area contributed by atoms with E-state index in [-0.39, 0.29) is 0 Å². The van der Waals surface area contributed by atoms with Crippen LogP contribution in [0.3, 0.4) is 0 Å². The minimum atomic E-state index is 0.799. The topological polar surface area (TPSA) is 9.23 Å². The Labute approximate surface area is 129 Å². The molecule has 0 aromatic heterocycles. The fraction of sp³-hybridized carbons (Fsp3) is 0.400. The summed E-state index contributed by atoms with van der Waals surface area (Å²) < 4.78 is 5.80. The highest BCUT2D eigenvalue weighted by Gasteiger charge is 1.99. The van der Waals surface area contributed by atoms with E-state index in [4.69, 9.17) is 4.74 Å². The number of hydrogen-bond donors (Lipinski definition) is 0. The molecule has 21 heavy (non-hydrogen) atoms. The van der Waals surface area contributed by atoms with Crippen molar-refractivity contribution in [3.63, 3.8) is 0 Å². The number of aryl methyl sites for hydroxylation is 4. The maximum atomic E-state index is 5.80. The van der Waals surface area contributed by atoms with Gasteiger partial charge in [0.1, 0.15) is 0 Å². The van der Waals surface area contributed by atoms with E-state index in [2.05, 4.69) is 64.1 Å². The molecule has 0 saturated carbocycles. The average Bonchev–Trinajstić information content (AvgIpc) is 2.36. The van der Waals surface area contributed by atoms with E-state index in [1.54, 1.807) is 0 Å². The summed E-state index contributed by atoms with van der Waals surface area (Å²) in [6.45, 7) is 10.2. The van der Waals surface area contributed by atoms with Crippen molar-refractivity contribution in [1.82, 2.24) is 0 Å². The van der Waals surface area contributed by atoms with E-state index in [0.717, 1.165) is 26.1 Å². The lowest BCUT2D eigenvalue weighted by atomic mass is 10.1. The van der Waals surface area contributed by atoms with Gasteiger partial charge in [-0.05, 0) is 51.7 Å². The molecule has 0 atom stereocenters. The molecule has 0 fully saturated rings. The van der Waals surface area contributed by atoms with Gasteiger partial charge in [-0.3, -0.25) is 0 Å². The van der Waals surface area contributed by atoms with Gasteiger partial charge in [0.15, 0.2) is 0 Å². The molecule has 0 aliphatic rings. The minimum Gasteiger partial charge on any atom is -0.381 e. The molecule has 1 nitrogen and oxygen atoms in total. The van der Waals surface area contributed by atoms with Crippen LogP contribution in [-0.2, 0) is 17.6 Å². The van der Waals surface area contributed by atoms with Gasteiger partial charge >= 0.3 is 0 Å². The Morgan fingerprint density at radius 2 is 0.905 bits per heavy atom. The zero-order valence-electron chi connectivity index (χ0n) is 13.7. The highest BCUT2D eigenvalue weighted by Crippen LogP contribution is 2.11. The Bertz CT molecular complexity index is 505. The van der Waals surface area contributed by atoms with Crippen molar-refractivity contribution in [2.24, 2.45) is 0 Å².